The van der Waals surface area contributed by atoms with Gasteiger partial charge in [0.1, 0.15) is 0 Å². The van der Waals surface area contributed by atoms with E-state index in [0.29, 0.717) is 16.9 Å². The number of aromatic nitrogens is 5. The summed E-state index contributed by atoms with van der Waals surface area (Å²) in [6, 6.07) is 6.26. The van der Waals surface area contributed by atoms with Gasteiger partial charge in [0.15, 0.2) is 5.82 Å². The predicted octanol–water partition coefficient (Wildman–Crippen LogP) is 4.26. The summed E-state index contributed by atoms with van der Waals surface area (Å²) in [6.45, 7) is 9.01. The minimum atomic E-state index is 0.0652. The van der Waals surface area contributed by atoms with Gasteiger partial charge in [0.2, 0.25) is 5.95 Å². The Morgan fingerprint density at radius 2 is 1.79 bits per heavy atom. The van der Waals surface area contributed by atoms with Gasteiger partial charge in [0, 0.05) is 41.5 Å². The molecule has 0 amide bonds. The number of H-pyrrole nitrogens is 2. The molecule has 4 rings (SSSR count). The smallest absolute Gasteiger partial charge is 0.224 e. The number of anilines is 1. The molecule has 29 heavy (non-hydrogen) atoms. The van der Waals surface area contributed by atoms with Gasteiger partial charge in [0.25, 0.3) is 0 Å². The van der Waals surface area contributed by atoms with E-state index in [1.807, 2.05) is 24.4 Å². The number of rotatable bonds is 4. The van der Waals surface area contributed by atoms with Gasteiger partial charge in [0.05, 0.1) is 11.2 Å². The van der Waals surface area contributed by atoms with Crippen LogP contribution in [0.15, 0.2) is 30.6 Å². The Labute approximate surface area is 176 Å². The number of aromatic amines is 2. The molecule has 7 nitrogen and oxygen atoms in total. The number of halogens is 1. The summed E-state index contributed by atoms with van der Waals surface area (Å²) in [4.78, 5) is 5.56. The van der Waals surface area contributed by atoms with E-state index < -0.39 is 0 Å². The van der Waals surface area contributed by atoms with Crippen molar-refractivity contribution in [3.05, 3.63) is 35.6 Å². The van der Waals surface area contributed by atoms with E-state index in [9.17, 15) is 0 Å². The molecular formula is C21H28ClN7. The molecule has 0 bridgehead atoms. The topological polar surface area (TPSA) is 85.5 Å². The summed E-state index contributed by atoms with van der Waals surface area (Å²) >= 11 is 6.55. The lowest BCUT2D eigenvalue weighted by atomic mass is 9.79. The molecule has 1 aliphatic heterocycles. The van der Waals surface area contributed by atoms with Gasteiger partial charge >= 0.3 is 0 Å². The fourth-order valence-electron chi connectivity index (χ4n) is 4.54. The first-order chi connectivity index (χ1) is 13.6. The average Bonchev–Trinajstić information content (AvgIpc) is 3.30. The van der Waals surface area contributed by atoms with Crippen LogP contribution in [-0.2, 0) is 0 Å². The molecule has 0 aliphatic carbocycles. The third-order valence-corrected chi connectivity index (χ3v) is 5.89. The molecule has 0 unspecified atom stereocenters. The lowest BCUT2D eigenvalue weighted by molar-refractivity contribution is 0.160. The van der Waals surface area contributed by atoms with E-state index in [0.717, 1.165) is 35.5 Å². The lowest BCUT2D eigenvalue weighted by Crippen LogP contribution is -2.62. The van der Waals surface area contributed by atoms with Crippen molar-refractivity contribution in [2.24, 2.45) is 0 Å². The van der Waals surface area contributed by atoms with Crippen LogP contribution in [0.25, 0.3) is 22.5 Å². The van der Waals surface area contributed by atoms with Crippen molar-refractivity contribution >= 4 is 17.5 Å². The number of hydrogen-bond donors (Lipinski definition) is 3. The molecule has 0 saturated carbocycles. The van der Waals surface area contributed by atoms with Crippen LogP contribution >= 0.6 is 11.6 Å². The van der Waals surface area contributed by atoms with Gasteiger partial charge in [-0.25, -0.2) is 0 Å². The van der Waals surface area contributed by atoms with Gasteiger partial charge in [-0.1, -0.05) is 17.7 Å². The minimum Gasteiger partial charge on any atom is -0.341 e. The van der Waals surface area contributed by atoms with Crippen molar-refractivity contribution in [3.63, 3.8) is 0 Å². The fourth-order valence-corrected chi connectivity index (χ4v) is 4.81. The summed E-state index contributed by atoms with van der Waals surface area (Å²) in [6.07, 6.45) is 5.68. The van der Waals surface area contributed by atoms with Crippen LogP contribution < -0.4 is 10.2 Å². The third kappa shape index (κ3) is 4.16. The highest BCUT2D eigenvalue weighted by Crippen LogP contribution is 2.34. The van der Waals surface area contributed by atoms with Crippen molar-refractivity contribution < 1.29 is 0 Å². The van der Waals surface area contributed by atoms with E-state index in [1.54, 1.807) is 6.20 Å². The second-order valence-corrected chi connectivity index (χ2v) is 9.65. The molecule has 3 aromatic rings. The molecule has 154 valence electrons. The Morgan fingerprint density at radius 1 is 1.07 bits per heavy atom. The highest BCUT2D eigenvalue weighted by Gasteiger charge is 2.39. The third-order valence-electron chi connectivity index (χ3n) is 5.58. The highest BCUT2D eigenvalue weighted by atomic mass is 35.5. The normalized spacial score (nSPS) is 18.7. The number of piperidine rings is 1. The molecule has 0 spiro atoms. The largest absolute Gasteiger partial charge is 0.341 e. The first kappa shape index (κ1) is 19.9. The predicted molar refractivity (Wildman–Crippen MR) is 117 cm³/mol. The molecule has 3 N–H and O–H groups in total. The van der Waals surface area contributed by atoms with Crippen LogP contribution in [0.5, 0.6) is 0 Å². The molecule has 3 heterocycles. The Kier molecular flexibility index (Phi) is 4.91. The van der Waals surface area contributed by atoms with Crippen molar-refractivity contribution in [1.82, 2.24) is 30.7 Å². The molecular weight excluding hydrogens is 386 g/mol. The lowest BCUT2D eigenvalue weighted by Gasteiger charge is -2.48. The first-order valence-corrected chi connectivity index (χ1v) is 10.3. The second-order valence-electron chi connectivity index (χ2n) is 9.24. The molecule has 1 aliphatic rings. The molecule has 2 aromatic heterocycles. The van der Waals surface area contributed by atoms with Gasteiger partial charge in [-0.05, 0) is 58.2 Å². The van der Waals surface area contributed by atoms with Gasteiger partial charge in [-0.3, -0.25) is 5.10 Å². The SMILES string of the molecule is CN(c1nnc(-c2ccc(-c3cn[nH]c3)cc2Cl)[nH]1)C1CC(C)(C)NC(C)(C)C1. The highest BCUT2D eigenvalue weighted by molar-refractivity contribution is 6.33. The fraction of sp³-hybridized carbons (Fsp3) is 0.476. The van der Waals surface area contributed by atoms with Crippen LogP contribution in [0.3, 0.4) is 0 Å². The second kappa shape index (κ2) is 7.15. The van der Waals surface area contributed by atoms with E-state index in [-0.39, 0.29) is 11.1 Å². The zero-order valence-corrected chi connectivity index (χ0v) is 18.3. The summed E-state index contributed by atoms with van der Waals surface area (Å²) in [5.74, 6) is 1.43. The maximum Gasteiger partial charge on any atom is 0.224 e. The van der Waals surface area contributed by atoms with Crippen LogP contribution in [0.4, 0.5) is 5.95 Å². The van der Waals surface area contributed by atoms with Crippen LogP contribution in [0.1, 0.15) is 40.5 Å². The molecule has 8 heteroatoms. The molecule has 0 radical (unpaired) electrons. The standard InChI is InChI=1S/C21H28ClN7/c1-20(2)9-15(10-21(3,4)28-20)29(5)19-25-18(26-27-19)16-7-6-13(8-17(16)22)14-11-23-24-12-14/h6-8,11-12,15,28H,9-10H2,1-5H3,(H,23,24)(H,25,26,27). The number of hydrogen-bond acceptors (Lipinski definition) is 5. The van der Waals surface area contributed by atoms with Crippen LogP contribution in [0, 0.1) is 0 Å². The molecule has 1 saturated heterocycles. The monoisotopic (exact) mass is 413 g/mol. The molecule has 1 aromatic carbocycles. The summed E-state index contributed by atoms with van der Waals surface area (Å²) < 4.78 is 0. The zero-order chi connectivity index (χ0) is 20.8. The molecule has 0 atom stereocenters. The van der Waals surface area contributed by atoms with Crippen LogP contribution in [0.2, 0.25) is 5.02 Å². The maximum atomic E-state index is 6.55. The van der Waals surface area contributed by atoms with E-state index in [2.05, 4.69) is 70.3 Å². The summed E-state index contributed by atoms with van der Waals surface area (Å²) in [5, 5.41) is 19.9. The van der Waals surface area contributed by atoms with Crippen molar-refractivity contribution in [1.29, 1.82) is 0 Å². The Morgan fingerprint density at radius 3 is 2.41 bits per heavy atom. The van der Waals surface area contributed by atoms with Gasteiger partial charge in [-0.2, -0.15) is 5.10 Å². The van der Waals surface area contributed by atoms with Crippen molar-refractivity contribution in [2.45, 2.75) is 57.7 Å². The Bertz CT molecular complexity index is 974. The van der Waals surface area contributed by atoms with E-state index in [1.165, 1.54) is 0 Å². The first-order valence-electron chi connectivity index (χ1n) is 9.87. The number of benzene rings is 1. The zero-order valence-electron chi connectivity index (χ0n) is 17.5. The van der Waals surface area contributed by atoms with E-state index in [4.69, 9.17) is 11.6 Å². The Hall–Kier alpha value is -2.38. The average molecular weight is 414 g/mol. The summed E-state index contributed by atoms with van der Waals surface area (Å²) in [5.41, 5.74) is 2.96. The number of nitrogens with zero attached hydrogens (tertiary/aromatic N) is 4. The Balaban J connectivity index is 1.57. The van der Waals surface area contributed by atoms with Crippen LogP contribution in [-0.4, -0.2) is 49.5 Å². The van der Waals surface area contributed by atoms with Gasteiger partial charge < -0.3 is 15.2 Å². The number of nitrogens with one attached hydrogen (secondary N) is 3. The molecule has 1 fully saturated rings. The van der Waals surface area contributed by atoms with Crippen molar-refractivity contribution in [3.8, 4) is 22.5 Å². The summed E-state index contributed by atoms with van der Waals surface area (Å²) in [7, 11) is 2.08. The van der Waals surface area contributed by atoms with Crippen molar-refractivity contribution in [2.75, 3.05) is 11.9 Å². The van der Waals surface area contributed by atoms with E-state index >= 15 is 0 Å². The maximum absolute atomic E-state index is 6.55. The van der Waals surface area contributed by atoms with Gasteiger partial charge in [-0.15, -0.1) is 10.2 Å². The quantitative estimate of drug-likeness (QED) is 0.595. The minimum absolute atomic E-state index is 0.0652.